The lowest BCUT2D eigenvalue weighted by molar-refractivity contribution is 0.244. The van der Waals surface area contributed by atoms with E-state index in [0.717, 1.165) is 19.4 Å². The molecule has 0 amide bonds. The van der Waals surface area contributed by atoms with Crippen LogP contribution in [0.2, 0.25) is 0 Å². The van der Waals surface area contributed by atoms with E-state index in [4.69, 9.17) is 5.11 Å². The van der Waals surface area contributed by atoms with Crippen molar-refractivity contribution < 1.29 is 5.11 Å². The Bertz CT molecular complexity index is 130. The van der Waals surface area contributed by atoms with Crippen LogP contribution in [0.4, 0.5) is 0 Å². The molecule has 0 aromatic carbocycles. The maximum absolute atomic E-state index is 8.64. The zero-order chi connectivity index (χ0) is 9.57. The third-order valence-corrected chi connectivity index (χ3v) is 3.09. The van der Waals surface area contributed by atoms with E-state index in [0.29, 0.717) is 12.1 Å². The first-order valence-corrected chi connectivity index (χ1v) is 5.63. The maximum Gasteiger partial charge on any atom is 0.0431 e. The molecule has 1 aliphatic rings. The Hall–Kier alpha value is -0.0800. The molecule has 0 spiro atoms. The van der Waals surface area contributed by atoms with Crippen molar-refractivity contribution in [2.75, 3.05) is 13.2 Å². The SMILES string of the molecule is CC1(NCCCCO)CCCCC1. The zero-order valence-corrected chi connectivity index (χ0v) is 8.81. The summed E-state index contributed by atoms with van der Waals surface area (Å²) in [5, 5.41) is 12.3. The number of hydrogen-bond donors (Lipinski definition) is 2. The number of unbranched alkanes of at least 4 members (excludes halogenated alkanes) is 1. The number of hydrogen-bond acceptors (Lipinski definition) is 2. The van der Waals surface area contributed by atoms with Crippen molar-refractivity contribution in [3.63, 3.8) is 0 Å². The van der Waals surface area contributed by atoms with Gasteiger partial charge in [-0.3, -0.25) is 0 Å². The monoisotopic (exact) mass is 185 g/mol. The molecule has 1 rings (SSSR count). The van der Waals surface area contributed by atoms with Crippen molar-refractivity contribution in [3.8, 4) is 0 Å². The largest absolute Gasteiger partial charge is 0.396 e. The summed E-state index contributed by atoms with van der Waals surface area (Å²) in [4.78, 5) is 0. The van der Waals surface area contributed by atoms with Gasteiger partial charge in [-0.1, -0.05) is 19.3 Å². The summed E-state index contributed by atoms with van der Waals surface area (Å²) in [6, 6.07) is 0. The van der Waals surface area contributed by atoms with Crippen LogP contribution >= 0.6 is 0 Å². The van der Waals surface area contributed by atoms with E-state index in [1.807, 2.05) is 0 Å². The molecule has 0 heterocycles. The van der Waals surface area contributed by atoms with E-state index < -0.39 is 0 Å². The Kier molecular flexibility index (Phi) is 4.74. The lowest BCUT2D eigenvalue weighted by Crippen LogP contribution is -2.44. The van der Waals surface area contributed by atoms with Gasteiger partial charge in [0.15, 0.2) is 0 Å². The van der Waals surface area contributed by atoms with Crippen LogP contribution < -0.4 is 5.32 Å². The molecular weight excluding hydrogens is 162 g/mol. The predicted octanol–water partition coefficient (Wildman–Crippen LogP) is 2.07. The molecule has 1 fully saturated rings. The minimum atomic E-state index is 0.332. The third kappa shape index (κ3) is 4.10. The Balaban J connectivity index is 2.10. The van der Waals surface area contributed by atoms with Crippen molar-refractivity contribution in [2.24, 2.45) is 0 Å². The predicted molar refractivity (Wildman–Crippen MR) is 55.8 cm³/mol. The molecule has 2 N–H and O–H groups in total. The second kappa shape index (κ2) is 5.61. The van der Waals surface area contributed by atoms with Gasteiger partial charge in [-0.25, -0.2) is 0 Å². The van der Waals surface area contributed by atoms with E-state index in [1.54, 1.807) is 0 Å². The molecule has 0 aliphatic heterocycles. The van der Waals surface area contributed by atoms with Crippen LogP contribution in [-0.2, 0) is 0 Å². The average molecular weight is 185 g/mol. The van der Waals surface area contributed by atoms with E-state index in [9.17, 15) is 0 Å². The number of aliphatic hydroxyl groups is 1. The smallest absolute Gasteiger partial charge is 0.0431 e. The lowest BCUT2D eigenvalue weighted by atomic mass is 9.83. The van der Waals surface area contributed by atoms with E-state index in [1.165, 1.54) is 32.1 Å². The van der Waals surface area contributed by atoms with Gasteiger partial charge in [-0.2, -0.15) is 0 Å². The molecule has 0 bridgehead atoms. The topological polar surface area (TPSA) is 32.3 Å². The van der Waals surface area contributed by atoms with Gasteiger partial charge >= 0.3 is 0 Å². The Morgan fingerprint density at radius 3 is 2.46 bits per heavy atom. The molecule has 0 unspecified atom stereocenters. The highest BCUT2D eigenvalue weighted by atomic mass is 16.2. The van der Waals surface area contributed by atoms with Crippen molar-refractivity contribution in [2.45, 2.75) is 57.4 Å². The highest BCUT2D eigenvalue weighted by Crippen LogP contribution is 2.27. The van der Waals surface area contributed by atoms with Crippen molar-refractivity contribution in [1.29, 1.82) is 0 Å². The average Bonchev–Trinajstić information content (AvgIpc) is 2.14. The Morgan fingerprint density at radius 2 is 1.85 bits per heavy atom. The van der Waals surface area contributed by atoms with Gasteiger partial charge < -0.3 is 10.4 Å². The molecule has 2 nitrogen and oxygen atoms in total. The first-order valence-electron chi connectivity index (χ1n) is 5.63. The quantitative estimate of drug-likeness (QED) is 0.643. The highest BCUT2D eigenvalue weighted by Gasteiger charge is 2.25. The van der Waals surface area contributed by atoms with Crippen LogP contribution in [0.1, 0.15) is 51.9 Å². The van der Waals surface area contributed by atoms with E-state index in [-0.39, 0.29) is 0 Å². The summed E-state index contributed by atoms with van der Waals surface area (Å²) in [7, 11) is 0. The van der Waals surface area contributed by atoms with Crippen molar-refractivity contribution >= 4 is 0 Å². The first-order chi connectivity index (χ1) is 6.27. The summed E-state index contributed by atoms with van der Waals surface area (Å²) in [5.41, 5.74) is 0.397. The summed E-state index contributed by atoms with van der Waals surface area (Å²) >= 11 is 0. The fourth-order valence-electron chi connectivity index (χ4n) is 2.14. The molecule has 1 aliphatic carbocycles. The molecule has 0 saturated heterocycles. The minimum absolute atomic E-state index is 0.332. The van der Waals surface area contributed by atoms with Gasteiger partial charge in [0.05, 0.1) is 0 Å². The van der Waals surface area contributed by atoms with Crippen LogP contribution in [0.15, 0.2) is 0 Å². The third-order valence-electron chi connectivity index (χ3n) is 3.09. The van der Waals surface area contributed by atoms with Crippen LogP contribution in [0.25, 0.3) is 0 Å². The summed E-state index contributed by atoms with van der Waals surface area (Å²) < 4.78 is 0. The molecule has 0 aromatic rings. The minimum Gasteiger partial charge on any atom is -0.396 e. The van der Waals surface area contributed by atoms with Crippen molar-refractivity contribution in [1.82, 2.24) is 5.32 Å². The van der Waals surface area contributed by atoms with Crippen LogP contribution in [-0.4, -0.2) is 23.8 Å². The normalized spacial score (nSPS) is 21.7. The first kappa shape index (κ1) is 11.0. The van der Waals surface area contributed by atoms with Gasteiger partial charge in [0.25, 0.3) is 0 Å². The second-order valence-corrected chi connectivity index (χ2v) is 4.48. The Labute approximate surface area is 81.7 Å². The highest BCUT2D eigenvalue weighted by molar-refractivity contribution is 4.85. The van der Waals surface area contributed by atoms with Gasteiger partial charge in [-0.15, -0.1) is 0 Å². The fourth-order valence-corrected chi connectivity index (χ4v) is 2.14. The molecule has 1 saturated carbocycles. The van der Waals surface area contributed by atoms with Crippen LogP contribution in [0, 0.1) is 0 Å². The number of rotatable bonds is 5. The fraction of sp³-hybridized carbons (Fsp3) is 1.00. The Morgan fingerprint density at radius 1 is 1.15 bits per heavy atom. The molecule has 0 atom stereocenters. The molecule has 0 radical (unpaired) electrons. The van der Waals surface area contributed by atoms with E-state index >= 15 is 0 Å². The van der Waals surface area contributed by atoms with Crippen LogP contribution in [0.3, 0.4) is 0 Å². The van der Waals surface area contributed by atoms with Gasteiger partial charge in [0.2, 0.25) is 0 Å². The number of nitrogens with one attached hydrogen (secondary N) is 1. The lowest BCUT2D eigenvalue weighted by Gasteiger charge is -2.34. The molecule has 0 aromatic heterocycles. The van der Waals surface area contributed by atoms with Gasteiger partial charge in [-0.05, 0) is 39.2 Å². The summed E-state index contributed by atoms with van der Waals surface area (Å²) in [5.74, 6) is 0. The summed E-state index contributed by atoms with van der Waals surface area (Å²) in [6.45, 7) is 3.74. The van der Waals surface area contributed by atoms with Crippen molar-refractivity contribution in [3.05, 3.63) is 0 Å². The molecule has 2 heteroatoms. The van der Waals surface area contributed by atoms with E-state index in [2.05, 4.69) is 12.2 Å². The zero-order valence-electron chi connectivity index (χ0n) is 8.81. The summed E-state index contributed by atoms with van der Waals surface area (Å²) in [6.07, 6.45) is 8.86. The maximum atomic E-state index is 8.64. The second-order valence-electron chi connectivity index (χ2n) is 4.48. The molecule has 78 valence electrons. The molecule has 13 heavy (non-hydrogen) atoms. The number of aliphatic hydroxyl groups excluding tert-OH is 1. The standard InChI is InChI=1S/C11H23NO/c1-11(7-3-2-4-8-11)12-9-5-6-10-13/h12-13H,2-10H2,1H3. The van der Waals surface area contributed by atoms with Crippen LogP contribution in [0.5, 0.6) is 0 Å². The molecular formula is C11H23NO. The van der Waals surface area contributed by atoms with Gasteiger partial charge in [0.1, 0.15) is 0 Å². The van der Waals surface area contributed by atoms with Gasteiger partial charge in [0, 0.05) is 12.1 Å².